The van der Waals surface area contributed by atoms with Crippen LogP contribution in [0.4, 0.5) is 26.4 Å². The third kappa shape index (κ3) is 5.72. The molecule has 1 aliphatic heterocycles. The second-order valence-corrected chi connectivity index (χ2v) is 8.24. The molecule has 2 aromatic heterocycles. The van der Waals surface area contributed by atoms with Crippen LogP contribution in [0.15, 0.2) is 52.9 Å². The largest absolute Gasteiger partial charge is 0.491 e. The summed E-state index contributed by atoms with van der Waals surface area (Å²) in [5.74, 6) is -0.921. The fourth-order valence-corrected chi connectivity index (χ4v) is 3.84. The summed E-state index contributed by atoms with van der Waals surface area (Å²) in [7, 11) is 4.75. The lowest BCUT2D eigenvalue weighted by Gasteiger charge is -2.36. The topological polar surface area (TPSA) is 133 Å². The Kier molecular flexibility index (Phi) is 7.72. The van der Waals surface area contributed by atoms with Crippen molar-refractivity contribution in [1.29, 1.82) is 0 Å². The molecule has 0 aliphatic carbocycles. The van der Waals surface area contributed by atoms with Gasteiger partial charge in [-0.15, -0.1) is 0 Å². The molecule has 11 nitrogen and oxygen atoms in total. The molecule has 0 unspecified atom stereocenters. The van der Waals surface area contributed by atoms with Crippen LogP contribution < -0.4 is 15.8 Å². The van der Waals surface area contributed by atoms with Crippen molar-refractivity contribution < 1.29 is 23.0 Å². The molecule has 3 aromatic rings. The number of rotatable bonds is 9. The van der Waals surface area contributed by atoms with Crippen LogP contribution in [0.2, 0.25) is 0 Å². The maximum absolute atomic E-state index is 13.7. The molecule has 0 saturated carbocycles. The number of amides is 1. The minimum Gasteiger partial charge on any atom is -0.491 e. The van der Waals surface area contributed by atoms with Gasteiger partial charge in [0.2, 0.25) is 5.95 Å². The molecule has 0 spiro atoms. The highest BCUT2D eigenvalue weighted by atomic mass is 19.2. The number of carbonyl (C=O) groups is 1. The molecule has 3 N–H and O–H groups in total. The first-order valence-electron chi connectivity index (χ1n) is 11.2. The molecule has 1 atom stereocenters. The second kappa shape index (κ2) is 11.1. The van der Waals surface area contributed by atoms with E-state index in [1.165, 1.54) is 37.6 Å². The Morgan fingerprint density at radius 2 is 2.08 bits per heavy atom. The zero-order valence-corrected chi connectivity index (χ0v) is 20.5. The lowest BCUT2D eigenvalue weighted by molar-refractivity contribution is -0.132. The van der Waals surface area contributed by atoms with Crippen molar-refractivity contribution in [3.63, 3.8) is 0 Å². The number of carbonyl (C=O) groups excluding carboxylic acids is 1. The predicted octanol–water partition coefficient (Wildman–Crippen LogP) is 2.60. The minimum atomic E-state index is -0.988. The minimum absolute atomic E-state index is 0.0139. The van der Waals surface area contributed by atoms with Crippen LogP contribution in [0.3, 0.4) is 0 Å². The number of ether oxygens (including phenoxy) is 2. The van der Waals surface area contributed by atoms with Crippen molar-refractivity contribution in [3.05, 3.63) is 65.1 Å². The van der Waals surface area contributed by atoms with Crippen LogP contribution in [0.5, 0.6) is 5.75 Å². The highest BCUT2D eigenvalue weighted by Crippen LogP contribution is 2.28. The smallest absolute Gasteiger partial charge is 0.270 e. The summed E-state index contributed by atoms with van der Waals surface area (Å²) in [6, 6.07) is 4.85. The number of anilines is 2. The summed E-state index contributed by atoms with van der Waals surface area (Å²) < 4.78 is 39.3. The predicted molar refractivity (Wildman–Crippen MR) is 132 cm³/mol. The zero-order chi connectivity index (χ0) is 26.5. The molecular weight excluding hydrogens is 486 g/mol. The quantitative estimate of drug-likeness (QED) is 0.418. The van der Waals surface area contributed by atoms with Crippen LogP contribution in [0.25, 0.3) is 0 Å². The maximum atomic E-state index is 13.7. The van der Waals surface area contributed by atoms with E-state index in [-0.39, 0.29) is 30.6 Å². The molecule has 13 heteroatoms. The fourth-order valence-electron chi connectivity index (χ4n) is 3.84. The van der Waals surface area contributed by atoms with Gasteiger partial charge in [0.05, 0.1) is 32.2 Å². The Bertz CT molecular complexity index is 1360. The Morgan fingerprint density at radius 3 is 2.76 bits per heavy atom. The summed E-state index contributed by atoms with van der Waals surface area (Å²) in [5.41, 5.74) is 7.08. The van der Waals surface area contributed by atoms with Crippen LogP contribution >= 0.6 is 0 Å². The van der Waals surface area contributed by atoms with Crippen LogP contribution in [0, 0.1) is 11.6 Å². The monoisotopic (exact) mass is 512 g/mol. The van der Waals surface area contributed by atoms with Crippen molar-refractivity contribution in [2.75, 3.05) is 26.1 Å². The van der Waals surface area contributed by atoms with Gasteiger partial charge in [-0.05, 0) is 24.1 Å². The lowest BCUT2D eigenvalue weighted by Crippen LogP contribution is -2.48. The van der Waals surface area contributed by atoms with Gasteiger partial charge >= 0.3 is 0 Å². The summed E-state index contributed by atoms with van der Waals surface area (Å²) in [4.78, 5) is 27.7. The number of methoxy groups -OCH3 is 2. The van der Waals surface area contributed by atoms with Gasteiger partial charge in [-0.3, -0.25) is 9.48 Å². The lowest BCUT2D eigenvalue weighted by atomic mass is 9.97. The Balaban J connectivity index is 1.59. The first-order chi connectivity index (χ1) is 17.8. The average molecular weight is 513 g/mol. The van der Waals surface area contributed by atoms with Crippen LogP contribution in [0.1, 0.15) is 12.0 Å². The third-order valence-corrected chi connectivity index (χ3v) is 5.79. The molecular formula is C24H26F2N8O3. The fraction of sp³-hybridized carbons (Fsp3) is 0.292. The molecule has 0 fully saturated rings. The number of aryl methyl sites for hydroxylation is 1. The number of nitrogens with zero attached hydrogens (tertiary/aromatic N) is 6. The third-order valence-electron chi connectivity index (χ3n) is 5.79. The highest BCUT2D eigenvalue weighted by Gasteiger charge is 2.33. The number of nitrogens with two attached hydrogens (primary N) is 1. The van der Waals surface area contributed by atoms with Gasteiger partial charge < -0.3 is 25.4 Å². The number of nitrogens with one attached hydrogen (secondary N) is 1. The van der Waals surface area contributed by atoms with E-state index in [1.54, 1.807) is 24.0 Å². The molecule has 1 amide bonds. The molecule has 4 rings (SSSR count). The van der Waals surface area contributed by atoms with Gasteiger partial charge in [-0.2, -0.15) is 10.1 Å². The molecule has 3 heterocycles. The van der Waals surface area contributed by atoms with Gasteiger partial charge in [0.15, 0.2) is 23.2 Å². The molecule has 194 valence electrons. The van der Waals surface area contributed by atoms with Gasteiger partial charge in [0, 0.05) is 38.6 Å². The molecule has 0 radical (unpaired) electrons. The van der Waals surface area contributed by atoms with Crippen molar-refractivity contribution in [2.45, 2.75) is 19.0 Å². The van der Waals surface area contributed by atoms with Crippen molar-refractivity contribution >= 4 is 29.7 Å². The van der Waals surface area contributed by atoms with Gasteiger partial charge in [0.25, 0.3) is 5.91 Å². The number of halogens is 2. The Hall–Kier alpha value is -4.39. The number of hydrogen-bond acceptors (Lipinski definition) is 9. The van der Waals surface area contributed by atoms with E-state index in [0.29, 0.717) is 29.1 Å². The van der Waals surface area contributed by atoms with Crippen LogP contribution in [-0.2, 0) is 23.1 Å². The van der Waals surface area contributed by atoms with E-state index in [1.807, 2.05) is 0 Å². The molecule has 1 aromatic carbocycles. The highest BCUT2D eigenvalue weighted by molar-refractivity contribution is 6.01. The molecule has 37 heavy (non-hydrogen) atoms. The van der Waals surface area contributed by atoms with E-state index in [9.17, 15) is 13.6 Å². The van der Waals surface area contributed by atoms with E-state index in [0.717, 1.165) is 12.1 Å². The maximum Gasteiger partial charge on any atom is 0.270 e. The second-order valence-electron chi connectivity index (χ2n) is 8.24. The summed E-state index contributed by atoms with van der Waals surface area (Å²) >= 11 is 0. The summed E-state index contributed by atoms with van der Waals surface area (Å²) in [5, 5.41) is 7.13. The van der Waals surface area contributed by atoms with Gasteiger partial charge in [-0.1, -0.05) is 6.07 Å². The number of aliphatic imine (C=N–C) groups is 1. The molecule has 0 bridgehead atoms. The van der Waals surface area contributed by atoms with Crippen molar-refractivity contribution in [1.82, 2.24) is 24.6 Å². The normalized spacial score (nSPS) is 16.1. The van der Waals surface area contributed by atoms with Crippen molar-refractivity contribution in [3.8, 4) is 5.75 Å². The van der Waals surface area contributed by atoms with E-state index >= 15 is 0 Å². The Labute approximate surface area is 211 Å². The van der Waals surface area contributed by atoms with E-state index in [4.69, 9.17) is 15.2 Å². The van der Waals surface area contributed by atoms with Gasteiger partial charge in [0.1, 0.15) is 11.5 Å². The van der Waals surface area contributed by atoms with E-state index in [2.05, 4.69) is 25.4 Å². The average Bonchev–Trinajstić information content (AvgIpc) is 3.29. The standard InChI is InChI=1S/C24H26F2N8O3/c1-33-20(6-7-30-33)31-24-29-11-19(37-3)22(32-24)28-10-15-9-16(13-36-2)34(23(35)21(15)27)12-14-4-5-17(25)18(26)8-14/h4-8,10-11,16H,9,12-13,27H2,1-3H3,(H,29,31,32)/t16-/m1/s1. The summed E-state index contributed by atoms with van der Waals surface area (Å²) in [6.07, 6.45) is 4.89. The van der Waals surface area contributed by atoms with Gasteiger partial charge in [-0.25, -0.2) is 18.8 Å². The number of hydrogen-bond donors (Lipinski definition) is 2. The van der Waals surface area contributed by atoms with E-state index < -0.39 is 23.6 Å². The zero-order valence-electron chi connectivity index (χ0n) is 20.5. The summed E-state index contributed by atoms with van der Waals surface area (Å²) in [6.45, 7) is 0.244. The van der Waals surface area contributed by atoms with Crippen molar-refractivity contribution in [2.24, 2.45) is 17.8 Å². The number of benzene rings is 1. The first kappa shape index (κ1) is 25.7. The first-order valence-corrected chi connectivity index (χ1v) is 11.2. The Morgan fingerprint density at radius 1 is 1.27 bits per heavy atom. The van der Waals surface area contributed by atoms with Crippen LogP contribution in [-0.4, -0.2) is 63.6 Å². The molecule has 1 aliphatic rings. The SMILES string of the molecule is COC[C@H]1CC(C=Nc2nc(Nc3ccnn3C)ncc2OC)=C(N)C(=O)N1Cc1ccc(F)c(F)c1. The number of aromatic nitrogens is 4. The molecule has 0 saturated heterocycles.